The third-order valence-corrected chi connectivity index (χ3v) is 3.18. The van der Waals surface area contributed by atoms with Crippen LogP contribution in [0.15, 0.2) is 24.3 Å². The molecule has 0 amide bonds. The first kappa shape index (κ1) is 13.5. The summed E-state index contributed by atoms with van der Waals surface area (Å²) in [6.07, 6.45) is 2.84. The average Bonchev–Trinajstić information content (AvgIpc) is 2.29. The van der Waals surface area contributed by atoms with Gasteiger partial charge in [-0.25, -0.2) is 4.79 Å². The maximum atomic E-state index is 10.5. The van der Waals surface area contributed by atoms with Gasteiger partial charge < -0.3 is 10.4 Å². The van der Waals surface area contributed by atoms with Gasteiger partial charge in [0, 0.05) is 6.08 Å². The summed E-state index contributed by atoms with van der Waals surface area (Å²) in [7, 11) is 1.82. The SMILES string of the molecule is CNC(/C=C/C(=O)O)c1ccc(C)c(C)c1C. The second-order valence-corrected chi connectivity index (χ2v) is 4.19. The van der Waals surface area contributed by atoms with Crippen molar-refractivity contribution in [2.75, 3.05) is 7.05 Å². The van der Waals surface area contributed by atoms with Crippen LogP contribution in [0.1, 0.15) is 28.3 Å². The predicted molar refractivity (Wildman–Crippen MR) is 69.2 cm³/mol. The molecular formula is C14H19NO2. The van der Waals surface area contributed by atoms with E-state index in [2.05, 4.69) is 32.2 Å². The molecule has 3 nitrogen and oxygen atoms in total. The number of carboxylic acid groups (broad SMARTS) is 1. The number of aliphatic carboxylic acids is 1. The Kier molecular flexibility index (Phi) is 4.46. The number of nitrogens with one attached hydrogen (secondary N) is 1. The molecule has 2 N–H and O–H groups in total. The van der Waals surface area contributed by atoms with E-state index in [1.165, 1.54) is 22.8 Å². The predicted octanol–water partition coefficient (Wildman–Crippen LogP) is 2.51. The molecule has 0 heterocycles. The fraction of sp³-hybridized carbons (Fsp3) is 0.357. The lowest BCUT2D eigenvalue weighted by Crippen LogP contribution is -2.16. The largest absolute Gasteiger partial charge is 0.478 e. The van der Waals surface area contributed by atoms with Crippen molar-refractivity contribution in [3.8, 4) is 0 Å². The van der Waals surface area contributed by atoms with E-state index < -0.39 is 5.97 Å². The van der Waals surface area contributed by atoms with Crippen LogP contribution < -0.4 is 5.32 Å². The minimum absolute atomic E-state index is 0.0644. The van der Waals surface area contributed by atoms with Crippen LogP contribution in [0, 0.1) is 20.8 Å². The second kappa shape index (κ2) is 5.64. The zero-order valence-electron chi connectivity index (χ0n) is 10.7. The normalized spacial score (nSPS) is 12.9. The van der Waals surface area contributed by atoms with Gasteiger partial charge in [0.25, 0.3) is 0 Å². The van der Waals surface area contributed by atoms with Crippen molar-refractivity contribution in [2.24, 2.45) is 0 Å². The van der Waals surface area contributed by atoms with Crippen LogP contribution in [-0.2, 0) is 4.79 Å². The molecule has 0 saturated heterocycles. The third kappa shape index (κ3) is 3.17. The van der Waals surface area contributed by atoms with Crippen LogP contribution in [0.3, 0.4) is 0 Å². The number of aryl methyl sites for hydroxylation is 1. The Morgan fingerprint density at radius 2 is 1.94 bits per heavy atom. The molecule has 1 atom stereocenters. The van der Waals surface area contributed by atoms with Crippen LogP contribution in [0.5, 0.6) is 0 Å². The number of carbonyl (C=O) groups is 1. The molecular weight excluding hydrogens is 214 g/mol. The Hall–Kier alpha value is -1.61. The number of benzene rings is 1. The molecule has 1 rings (SSSR count). The summed E-state index contributed by atoms with van der Waals surface area (Å²) in [5.74, 6) is -0.924. The van der Waals surface area contributed by atoms with Crippen molar-refractivity contribution in [2.45, 2.75) is 26.8 Å². The molecule has 0 aliphatic heterocycles. The molecule has 1 unspecified atom stereocenters. The van der Waals surface area contributed by atoms with Gasteiger partial charge in [0.1, 0.15) is 0 Å². The number of hydrogen-bond donors (Lipinski definition) is 2. The molecule has 0 radical (unpaired) electrons. The molecule has 0 saturated carbocycles. The van der Waals surface area contributed by atoms with Crippen molar-refractivity contribution in [3.63, 3.8) is 0 Å². The first-order valence-corrected chi connectivity index (χ1v) is 5.62. The first-order valence-electron chi connectivity index (χ1n) is 5.62. The van der Waals surface area contributed by atoms with E-state index in [0.29, 0.717) is 0 Å². The van der Waals surface area contributed by atoms with Crippen LogP contribution >= 0.6 is 0 Å². The van der Waals surface area contributed by atoms with Gasteiger partial charge >= 0.3 is 5.97 Å². The summed E-state index contributed by atoms with van der Waals surface area (Å²) in [6, 6.07) is 4.05. The molecule has 0 spiro atoms. The number of carboxylic acids is 1. The lowest BCUT2D eigenvalue weighted by molar-refractivity contribution is -0.131. The molecule has 0 fully saturated rings. The summed E-state index contributed by atoms with van der Waals surface area (Å²) in [6.45, 7) is 6.23. The topological polar surface area (TPSA) is 49.3 Å². The molecule has 0 bridgehead atoms. The second-order valence-electron chi connectivity index (χ2n) is 4.19. The van der Waals surface area contributed by atoms with E-state index in [1.54, 1.807) is 6.08 Å². The highest BCUT2D eigenvalue weighted by atomic mass is 16.4. The molecule has 17 heavy (non-hydrogen) atoms. The number of rotatable bonds is 4. The Labute approximate surface area is 102 Å². The van der Waals surface area contributed by atoms with Crippen molar-refractivity contribution in [3.05, 3.63) is 46.5 Å². The maximum absolute atomic E-state index is 10.5. The molecule has 0 aliphatic carbocycles. The fourth-order valence-corrected chi connectivity index (χ4v) is 1.85. The van der Waals surface area contributed by atoms with Gasteiger partial charge in [0.15, 0.2) is 0 Å². The van der Waals surface area contributed by atoms with Crippen molar-refractivity contribution >= 4 is 5.97 Å². The molecule has 3 heteroatoms. The van der Waals surface area contributed by atoms with Gasteiger partial charge in [0.05, 0.1) is 6.04 Å². The average molecular weight is 233 g/mol. The van der Waals surface area contributed by atoms with Crippen molar-refractivity contribution in [1.82, 2.24) is 5.32 Å². The van der Waals surface area contributed by atoms with E-state index in [9.17, 15) is 4.79 Å². The molecule has 1 aromatic carbocycles. The lowest BCUT2D eigenvalue weighted by atomic mass is 9.94. The van der Waals surface area contributed by atoms with E-state index in [1.807, 2.05) is 13.1 Å². The van der Waals surface area contributed by atoms with E-state index in [0.717, 1.165) is 5.56 Å². The molecule has 0 aliphatic rings. The Balaban J connectivity index is 3.13. The van der Waals surface area contributed by atoms with Gasteiger partial charge in [-0.05, 0) is 50.1 Å². The van der Waals surface area contributed by atoms with Gasteiger partial charge in [-0.1, -0.05) is 18.2 Å². The summed E-state index contributed by atoms with van der Waals surface area (Å²) < 4.78 is 0. The maximum Gasteiger partial charge on any atom is 0.328 e. The van der Waals surface area contributed by atoms with E-state index in [-0.39, 0.29) is 6.04 Å². The first-order chi connectivity index (χ1) is 7.97. The van der Waals surface area contributed by atoms with Crippen LogP contribution in [0.2, 0.25) is 0 Å². The minimum Gasteiger partial charge on any atom is -0.478 e. The molecule has 92 valence electrons. The highest BCUT2D eigenvalue weighted by molar-refractivity contribution is 5.79. The summed E-state index contributed by atoms with van der Waals surface area (Å²) in [5, 5.41) is 11.8. The fourth-order valence-electron chi connectivity index (χ4n) is 1.85. The zero-order chi connectivity index (χ0) is 13.0. The number of likely N-dealkylation sites (N-methyl/N-ethyl adjacent to an activating group) is 1. The smallest absolute Gasteiger partial charge is 0.328 e. The molecule has 1 aromatic rings. The summed E-state index contributed by atoms with van der Waals surface area (Å²) >= 11 is 0. The lowest BCUT2D eigenvalue weighted by Gasteiger charge is -2.17. The van der Waals surface area contributed by atoms with Gasteiger partial charge in [-0.2, -0.15) is 0 Å². The van der Waals surface area contributed by atoms with Crippen molar-refractivity contribution < 1.29 is 9.90 Å². The Bertz CT molecular complexity index is 450. The van der Waals surface area contributed by atoms with Crippen LogP contribution in [-0.4, -0.2) is 18.1 Å². The van der Waals surface area contributed by atoms with E-state index in [4.69, 9.17) is 5.11 Å². The third-order valence-electron chi connectivity index (χ3n) is 3.18. The van der Waals surface area contributed by atoms with Gasteiger partial charge in [0.2, 0.25) is 0 Å². The monoisotopic (exact) mass is 233 g/mol. The minimum atomic E-state index is -0.924. The standard InChI is InChI=1S/C14H19NO2/c1-9-5-6-12(11(3)10(9)2)13(15-4)7-8-14(16)17/h5-8,13,15H,1-4H3,(H,16,17)/b8-7+. The zero-order valence-corrected chi connectivity index (χ0v) is 10.7. The molecule has 0 aromatic heterocycles. The van der Waals surface area contributed by atoms with Crippen molar-refractivity contribution in [1.29, 1.82) is 0 Å². The van der Waals surface area contributed by atoms with Crippen LogP contribution in [0.25, 0.3) is 0 Å². The quantitative estimate of drug-likeness (QED) is 0.786. The highest BCUT2D eigenvalue weighted by Gasteiger charge is 2.11. The summed E-state index contributed by atoms with van der Waals surface area (Å²) in [4.78, 5) is 10.5. The van der Waals surface area contributed by atoms with E-state index >= 15 is 0 Å². The van der Waals surface area contributed by atoms with Gasteiger partial charge in [-0.3, -0.25) is 0 Å². The highest BCUT2D eigenvalue weighted by Crippen LogP contribution is 2.23. The number of hydrogen-bond acceptors (Lipinski definition) is 2. The summed E-state index contributed by atoms with van der Waals surface area (Å²) in [5.41, 5.74) is 4.84. The van der Waals surface area contributed by atoms with Crippen LogP contribution in [0.4, 0.5) is 0 Å². The Morgan fingerprint density at radius 3 is 2.47 bits per heavy atom. The van der Waals surface area contributed by atoms with Gasteiger partial charge in [-0.15, -0.1) is 0 Å². The Morgan fingerprint density at radius 1 is 1.29 bits per heavy atom.